The van der Waals surface area contributed by atoms with E-state index in [1.165, 1.54) is 23.2 Å². The van der Waals surface area contributed by atoms with Gasteiger partial charge in [-0.25, -0.2) is 9.37 Å². The van der Waals surface area contributed by atoms with Crippen molar-refractivity contribution < 1.29 is 9.18 Å². The van der Waals surface area contributed by atoms with E-state index < -0.39 is 23.7 Å². The van der Waals surface area contributed by atoms with Crippen LogP contribution in [0.5, 0.6) is 0 Å². The molecular formula is C24H23FN6O. The van der Waals surface area contributed by atoms with Gasteiger partial charge in [0.25, 0.3) is 5.91 Å². The van der Waals surface area contributed by atoms with E-state index in [1.54, 1.807) is 32.0 Å². The number of hydrogen-bond donors (Lipinski definition) is 1. The first kappa shape index (κ1) is 22.6. The number of carbonyl (C=O) groups is 1. The van der Waals surface area contributed by atoms with E-state index >= 15 is 4.39 Å². The molecule has 0 saturated heterocycles. The molecule has 0 bridgehead atoms. The van der Waals surface area contributed by atoms with Gasteiger partial charge >= 0.3 is 0 Å². The predicted molar refractivity (Wildman–Crippen MR) is 119 cm³/mol. The number of aryl methyl sites for hydroxylation is 1. The second-order valence-corrected chi connectivity index (χ2v) is 7.69. The third kappa shape index (κ3) is 4.50. The molecule has 0 radical (unpaired) electrons. The Morgan fingerprint density at radius 2 is 2.03 bits per heavy atom. The van der Waals surface area contributed by atoms with Gasteiger partial charge in [0, 0.05) is 23.7 Å². The number of hydrogen-bond acceptors (Lipinski definition) is 6. The number of nitriles is 2. The number of aromatic nitrogens is 2. The number of carbonyl (C=O) groups excluding carboxylic acids is 1. The van der Waals surface area contributed by atoms with Gasteiger partial charge in [-0.05, 0) is 50.1 Å². The lowest BCUT2D eigenvalue weighted by Crippen LogP contribution is -2.43. The van der Waals surface area contributed by atoms with Crippen LogP contribution in [0.1, 0.15) is 47.4 Å². The zero-order valence-corrected chi connectivity index (χ0v) is 18.1. The standard InChI is InChI=1S/C24H23FN6O/c1-4-22(15(3)10-26)31(13-18-6-5-16(11-27)12-29-18)24(32)19-8-17-7-14(2)23(28)30-21(17)9-20(19)25/h5-9,12,15,22H,4,13H2,1-3H3,(H2,28,30). The van der Waals surface area contributed by atoms with Gasteiger partial charge in [-0.15, -0.1) is 0 Å². The number of benzene rings is 1. The summed E-state index contributed by atoms with van der Waals surface area (Å²) in [4.78, 5) is 23.5. The highest BCUT2D eigenvalue weighted by molar-refractivity contribution is 5.98. The molecule has 0 aliphatic carbocycles. The van der Waals surface area contributed by atoms with Crippen LogP contribution in [0.3, 0.4) is 0 Å². The van der Waals surface area contributed by atoms with Crippen LogP contribution in [-0.2, 0) is 6.54 Å². The summed E-state index contributed by atoms with van der Waals surface area (Å²) in [6.07, 6.45) is 1.92. The number of rotatable bonds is 6. The van der Waals surface area contributed by atoms with Crippen LogP contribution in [0.4, 0.5) is 10.2 Å². The minimum atomic E-state index is -0.712. The van der Waals surface area contributed by atoms with Crippen LogP contribution < -0.4 is 5.73 Å². The molecule has 2 aromatic heterocycles. The maximum Gasteiger partial charge on any atom is 0.257 e. The van der Waals surface area contributed by atoms with E-state index in [1.807, 2.05) is 13.0 Å². The van der Waals surface area contributed by atoms with Crippen molar-refractivity contribution in [1.29, 1.82) is 10.5 Å². The maximum absolute atomic E-state index is 15.0. The van der Waals surface area contributed by atoms with Gasteiger partial charge in [0.15, 0.2) is 0 Å². The Morgan fingerprint density at radius 3 is 2.62 bits per heavy atom. The molecular weight excluding hydrogens is 407 g/mol. The van der Waals surface area contributed by atoms with Crippen LogP contribution in [-0.4, -0.2) is 26.8 Å². The first-order valence-electron chi connectivity index (χ1n) is 10.2. The SMILES string of the molecule is CCC(C(C)C#N)N(Cc1ccc(C#N)cn1)C(=O)c1cc2cc(C)c(N)nc2cc1F. The first-order chi connectivity index (χ1) is 15.3. The Balaban J connectivity index is 2.07. The lowest BCUT2D eigenvalue weighted by Gasteiger charge is -2.33. The molecule has 0 aliphatic heterocycles. The summed E-state index contributed by atoms with van der Waals surface area (Å²) in [7, 11) is 0. The molecule has 32 heavy (non-hydrogen) atoms. The Morgan fingerprint density at radius 1 is 1.28 bits per heavy atom. The normalized spacial score (nSPS) is 12.6. The highest BCUT2D eigenvalue weighted by atomic mass is 19.1. The van der Waals surface area contributed by atoms with Gasteiger partial charge < -0.3 is 10.6 Å². The van der Waals surface area contributed by atoms with Gasteiger partial charge in [-0.3, -0.25) is 9.78 Å². The van der Waals surface area contributed by atoms with Gasteiger partial charge in [0.05, 0.1) is 40.9 Å². The van der Waals surface area contributed by atoms with Crippen molar-refractivity contribution in [1.82, 2.24) is 14.9 Å². The second-order valence-electron chi connectivity index (χ2n) is 7.69. The number of anilines is 1. The van der Waals surface area contributed by atoms with Gasteiger partial charge in [-0.1, -0.05) is 6.92 Å². The van der Waals surface area contributed by atoms with Gasteiger partial charge in [0.2, 0.25) is 0 Å². The summed E-state index contributed by atoms with van der Waals surface area (Å²) in [5, 5.41) is 19.1. The predicted octanol–water partition coefficient (Wildman–Crippen LogP) is 4.11. The Hall–Kier alpha value is -4.04. The Kier molecular flexibility index (Phi) is 6.65. The van der Waals surface area contributed by atoms with Crippen molar-refractivity contribution in [2.45, 2.75) is 39.8 Å². The molecule has 2 atom stereocenters. The molecule has 162 valence electrons. The molecule has 0 spiro atoms. The van der Waals surface area contributed by atoms with Crippen LogP contribution >= 0.6 is 0 Å². The zero-order valence-electron chi connectivity index (χ0n) is 18.1. The molecule has 8 heteroatoms. The quantitative estimate of drug-likeness (QED) is 0.628. The van der Waals surface area contributed by atoms with Crippen molar-refractivity contribution in [3.05, 3.63) is 64.7 Å². The highest BCUT2D eigenvalue weighted by Gasteiger charge is 2.30. The number of nitrogen functional groups attached to an aromatic ring is 1. The summed E-state index contributed by atoms with van der Waals surface area (Å²) >= 11 is 0. The van der Waals surface area contributed by atoms with E-state index in [4.69, 9.17) is 11.0 Å². The number of nitrogens with zero attached hydrogens (tertiary/aromatic N) is 5. The minimum absolute atomic E-state index is 0.0750. The van der Waals surface area contributed by atoms with E-state index in [0.717, 1.165) is 5.56 Å². The maximum atomic E-state index is 15.0. The number of pyridine rings is 2. The summed E-state index contributed by atoms with van der Waals surface area (Å²) in [6.45, 7) is 5.47. The third-order valence-electron chi connectivity index (χ3n) is 5.51. The molecule has 1 amide bonds. The summed E-state index contributed by atoms with van der Waals surface area (Å²) in [5.74, 6) is -1.43. The Bertz CT molecular complexity index is 1240. The van der Waals surface area contributed by atoms with E-state index in [0.29, 0.717) is 34.4 Å². The number of amides is 1. The molecule has 0 fully saturated rings. The molecule has 2 heterocycles. The third-order valence-corrected chi connectivity index (χ3v) is 5.51. The number of fused-ring (bicyclic) bond motifs is 1. The van der Waals surface area contributed by atoms with Crippen LogP contribution in [0.25, 0.3) is 10.9 Å². The van der Waals surface area contributed by atoms with E-state index in [9.17, 15) is 10.1 Å². The van der Waals surface area contributed by atoms with Crippen molar-refractivity contribution in [3.8, 4) is 12.1 Å². The number of nitrogens with two attached hydrogens (primary N) is 1. The smallest absolute Gasteiger partial charge is 0.257 e. The molecule has 0 saturated carbocycles. The molecule has 7 nitrogen and oxygen atoms in total. The summed E-state index contributed by atoms with van der Waals surface area (Å²) in [5.41, 5.74) is 7.74. The van der Waals surface area contributed by atoms with Crippen molar-refractivity contribution in [2.24, 2.45) is 5.92 Å². The molecule has 1 aromatic carbocycles. The summed E-state index contributed by atoms with van der Waals surface area (Å²) < 4.78 is 15.0. The topological polar surface area (TPSA) is 120 Å². The van der Waals surface area contributed by atoms with Gasteiger partial charge in [-0.2, -0.15) is 10.5 Å². The molecule has 0 aliphatic rings. The van der Waals surface area contributed by atoms with Crippen LogP contribution in [0, 0.1) is 41.3 Å². The van der Waals surface area contributed by atoms with Crippen molar-refractivity contribution >= 4 is 22.6 Å². The number of halogens is 1. The largest absolute Gasteiger partial charge is 0.383 e. The van der Waals surface area contributed by atoms with E-state index in [2.05, 4.69) is 16.0 Å². The fraction of sp³-hybridized carbons (Fsp3) is 0.292. The lowest BCUT2D eigenvalue weighted by atomic mass is 9.97. The second kappa shape index (κ2) is 9.40. The monoisotopic (exact) mass is 430 g/mol. The zero-order chi connectivity index (χ0) is 23.4. The average molecular weight is 430 g/mol. The Labute approximate surface area is 185 Å². The van der Waals surface area contributed by atoms with E-state index in [-0.39, 0.29) is 12.1 Å². The van der Waals surface area contributed by atoms with Crippen LogP contribution in [0.15, 0.2) is 36.5 Å². The molecule has 3 aromatic rings. The first-order valence-corrected chi connectivity index (χ1v) is 10.2. The molecule has 2 N–H and O–H groups in total. The lowest BCUT2D eigenvalue weighted by molar-refractivity contribution is 0.0609. The van der Waals surface area contributed by atoms with Crippen LogP contribution in [0.2, 0.25) is 0 Å². The highest BCUT2D eigenvalue weighted by Crippen LogP contribution is 2.26. The van der Waals surface area contributed by atoms with Crippen molar-refractivity contribution in [3.63, 3.8) is 0 Å². The summed E-state index contributed by atoms with van der Waals surface area (Å²) in [6, 6.07) is 11.4. The molecule has 3 rings (SSSR count). The fourth-order valence-corrected chi connectivity index (χ4v) is 3.66. The fourth-order valence-electron chi connectivity index (χ4n) is 3.66. The van der Waals surface area contributed by atoms with Gasteiger partial charge in [0.1, 0.15) is 17.7 Å². The van der Waals surface area contributed by atoms with Crippen molar-refractivity contribution in [2.75, 3.05) is 5.73 Å². The molecule has 2 unspecified atom stereocenters. The minimum Gasteiger partial charge on any atom is -0.383 e. The average Bonchev–Trinajstić information content (AvgIpc) is 2.79.